The zero-order chi connectivity index (χ0) is 23.9. The summed E-state index contributed by atoms with van der Waals surface area (Å²) in [7, 11) is 0. The van der Waals surface area contributed by atoms with Crippen LogP contribution in [0.3, 0.4) is 0 Å². The van der Waals surface area contributed by atoms with E-state index >= 15 is 0 Å². The third-order valence-corrected chi connectivity index (χ3v) is 7.04. The first-order valence-corrected chi connectivity index (χ1v) is 12.0. The van der Waals surface area contributed by atoms with Crippen LogP contribution in [0.1, 0.15) is 40.3 Å². The number of pyridine rings is 2. The van der Waals surface area contributed by atoms with Gasteiger partial charge in [0.2, 0.25) is 6.79 Å². The van der Waals surface area contributed by atoms with E-state index in [0.717, 1.165) is 35.0 Å². The predicted octanol–water partition coefficient (Wildman–Crippen LogP) is 4.85. The van der Waals surface area contributed by atoms with Gasteiger partial charge in [0, 0.05) is 48.3 Å². The van der Waals surface area contributed by atoms with E-state index in [2.05, 4.69) is 50.7 Å². The number of rotatable bonds is 5. The van der Waals surface area contributed by atoms with Gasteiger partial charge in [-0.2, -0.15) is 0 Å². The van der Waals surface area contributed by atoms with E-state index in [9.17, 15) is 0 Å². The van der Waals surface area contributed by atoms with Crippen molar-refractivity contribution in [3.63, 3.8) is 0 Å². The van der Waals surface area contributed by atoms with Crippen molar-refractivity contribution in [2.75, 3.05) is 11.7 Å². The number of anilines is 1. The molecule has 35 heavy (non-hydrogen) atoms. The number of aryl methyl sites for hydroxylation is 1. The maximum absolute atomic E-state index is 5.89. The van der Waals surface area contributed by atoms with Crippen molar-refractivity contribution in [1.82, 2.24) is 19.9 Å². The lowest BCUT2D eigenvalue weighted by Crippen LogP contribution is -2.29. The summed E-state index contributed by atoms with van der Waals surface area (Å²) < 4.78 is 13.5. The lowest BCUT2D eigenvalue weighted by molar-refractivity contribution is 0.174. The van der Waals surface area contributed by atoms with Crippen molar-refractivity contribution in [1.29, 1.82) is 0 Å². The molecular formula is C27H25N5O2S. The molecule has 176 valence electrons. The molecule has 1 saturated heterocycles. The maximum atomic E-state index is 5.89. The van der Waals surface area contributed by atoms with Gasteiger partial charge in [-0.3, -0.25) is 9.97 Å². The minimum atomic E-state index is -0.110. The van der Waals surface area contributed by atoms with Crippen molar-refractivity contribution in [2.24, 2.45) is 0 Å². The highest BCUT2D eigenvalue weighted by atomic mass is 32.1. The van der Waals surface area contributed by atoms with Crippen LogP contribution in [0.25, 0.3) is 0 Å². The summed E-state index contributed by atoms with van der Waals surface area (Å²) in [6, 6.07) is 18.1. The monoisotopic (exact) mass is 483 g/mol. The molecule has 1 fully saturated rings. The fourth-order valence-electron chi connectivity index (χ4n) is 5.03. The molecule has 7 nitrogen and oxygen atoms in total. The number of nitrogens with zero attached hydrogens (tertiary/aromatic N) is 4. The first-order valence-electron chi connectivity index (χ1n) is 11.6. The van der Waals surface area contributed by atoms with Gasteiger partial charge in [0.15, 0.2) is 16.6 Å². The molecule has 0 amide bonds. The van der Waals surface area contributed by atoms with Gasteiger partial charge in [0.1, 0.15) is 0 Å². The highest BCUT2D eigenvalue weighted by molar-refractivity contribution is 7.80. The quantitative estimate of drug-likeness (QED) is 0.407. The van der Waals surface area contributed by atoms with Gasteiger partial charge in [-0.15, -0.1) is 0 Å². The molecule has 2 aliphatic rings. The molecule has 1 aromatic carbocycles. The minimum Gasteiger partial charge on any atom is -0.454 e. The van der Waals surface area contributed by atoms with Crippen molar-refractivity contribution in [3.05, 3.63) is 101 Å². The maximum Gasteiger partial charge on any atom is 0.231 e. The van der Waals surface area contributed by atoms with E-state index in [0.29, 0.717) is 5.11 Å². The molecule has 6 rings (SSSR count). The molecule has 0 unspecified atom stereocenters. The summed E-state index contributed by atoms with van der Waals surface area (Å²) in [4.78, 5) is 11.1. The van der Waals surface area contributed by atoms with Crippen LogP contribution in [0, 0.1) is 13.8 Å². The summed E-state index contributed by atoms with van der Waals surface area (Å²) >= 11 is 5.89. The molecule has 8 heteroatoms. The Morgan fingerprint density at radius 1 is 1.03 bits per heavy atom. The summed E-state index contributed by atoms with van der Waals surface area (Å²) in [5, 5.41) is 4.20. The average Bonchev–Trinajstić information content (AvgIpc) is 3.56. The van der Waals surface area contributed by atoms with Gasteiger partial charge in [-0.25, -0.2) is 0 Å². The molecular weight excluding hydrogens is 458 g/mol. The van der Waals surface area contributed by atoms with E-state index in [-0.39, 0.29) is 18.9 Å². The molecule has 2 atom stereocenters. The van der Waals surface area contributed by atoms with E-state index in [4.69, 9.17) is 21.7 Å². The molecule has 0 spiro atoms. The van der Waals surface area contributed by atoms with E-state index in [1.807, 2.05) is 54.9 Å². The van der Waals surface area contributed by atoms with Crippen LogP contribution in [0.5, 0.6) is 11.5 Å². The zero-order valence-corrected chi connectivity index (χ0v) is 20.3. The number of hydrogen-bond acceptors (Lipinski definition) is 5. The highest BCUT2D eigenvalue weighted by Gasteiger charge is 2.42. The Labute approximate surface area is 209 Å². The van der Waals surface area contributed by atoms with Crippen LogP contribution in [-0.2, 0) is 6.54 Å². The fourth-order valence-corrected chi connectivity index (χ4v) is 5.37. The standard InChI is InChI=1S/C27H25N5O2S/c1-17-12-21(18(2)31(17)15-19-6-5-10-28-14-19)26-25(22-7-3-4-11-29-22)30-27(35)32(26)20-8-9-23-24(13-20)34-16-33-23/h3-14,25-26H,15-16H2,1-2H3,(H,30,35)/t25-,26+/m1/s1. The third-order valence-electron chi connectivity index (χ3n) is 6.73. The van der Waals surface area contributed by atoms with Crippen molar-refractivity contribution in [2.45, 2.75) is 32.5 Å². The Morgan fingerprint density at radius 2 is 1.91 bits per heavy atom. The van der Waals surface area contributed by atoms with Crippen LogP contribution in [0.2, 0.25) is 0 Å². The lowest BCUT2D eigenvalue weighted by Gasteiger charge is -2.28. The van der Waals surface area contributed by atoms with Crippen LogP contribution in [0.4, 0.5) is 5.69 Å². The summed E-state index contributed by atoms with van der Waals surface area (Å²) in [6.45, 7) is 5.31. The summed E-state index contributed by atoms with van der Waals surface area (Å²) in [6.07, 6.45) is 5.54. The first kappa shape index (κ1) is 21.6. The topological polar surface area (TPSA) is 64.4 Å². The van der Waals surface area contributed by atoms with Gasteiger partial charge < -0.3 is 24.3 Å². The molecule has 4 aromatic rings. The van der Waals surface area contributed by atoms with Gasteiger partial charge in [-0.05, 0) is 73.6 Å². The predicted molar refractivity (Wildman–Crippen MR) is 138 cm³/mol. The number of aromatic nitrogens is 3. The van der Waals surface area contributed by atoms with Crippen LogP contribution in [-0.4, -0.2) is 26.4 Å². The van der Waals surface area contributed by atoms with Crippen molar-refractivity contribution >= 4 is 23.0 Å². The molecule has 0 bridgehead atoms. The van der Waals surface area contributed by atoms with Crippen molar-refractivity contribution in [3.8, 4) is 11.5 Å². The Morgan fingerprint density at radius 3 is 2.71 bits per heavy atom. The molecule has 0 saturated carbocycles. The van der Waals surface area contributed by atoms with Crippen molar-refractivity contribution < 1.29 is 9.47 Å². The zero-order valence-electron chi connectivity index (χ0n) is 19.5. The normalized spacial score (nSPS) is 18.7. The highest BCUT2D eigenvalue weighted by Crippen LogP contribution is 2.45. The van der Waals surface area contributed by atoms with Crippen LogP contribution in [0.15, 0.2) is 73.2 Å². The molecule has 0 radical (unpaired) electrons. The number of fused-ring (bicyclic) bond motifs is 1. The van der Waals surface area contributed by atoms with Gasteiger partial charge in [0.05, 0.1) is 17.8 Å². The number of thiocarbonyl (C=S) groups is 1. The molecule has 1 N–H and O–H groups in total. The smallest absolute Gasteiger partial charge is 0.231 e. The fraction of sp³-hybridized carbons (Fsp3) is 0.222. The second-order valence-electron chi connectivity index (χ2n) is 8.81. The second kappa shape index (κ2) is 8.70. The largest absolute Gasteiger partial charge is 0.454 e. The number of benzene rings is 1. The van der Waals surface area contributed by atoms with Gasteiger partial charge >= 0.3 is 0 Å². The van der Waals surface area contributed by atoms with Crippen LogP contribution < -0.4 is 19.7 Å². The summed E-state index contributed by atoms with van der Waals surface area (Å²) in [5.41, 5.74) is 6.63. The molecule has 0 aliphatic carbocycles. The SMILES string of the molecule is Cc1cc([C@H]2[C@@H](c3ccccn3)NC(=S)N2c2ccc3c(c2)OCO3)c(C)n1Cc1cccnc1. The van der Waals surface area contributed by atoms with Gasteiger partial charge in [-0.1, -0.05) is 12.1 Å². The van der Waals surface area contributed by atoms with E-state index in [1.165, 1.54) is 17.0 Å². The molecule has 2 aliphatic heterocycles. The molecule has 5 heterocycles. The number of nitrogens with one attached hydrogen (secondary N) is 1. The minimum absolute atomic E-state index is 0.0911. The first-order chi connectivity index (χ1) is 17.1. The third kappa shape index (κ3) is 3.80. The molecule has 3 aromatic heterocycles. The summed E-state index contributed by atoms with van der Waals surface area (Å²) in [5.74, 6) is 1.48. The average molecular weight is 484 g/mol. The number of ether oxygens (including phenoxy) is 2. The Bertz CT molecular complexity index is 1390. The van der Waals surface area contributed by atoms with Gasteiger partial charge in [0.25, 0.3) is 0 Å². The van der Waals surface area contributed by atoms with E-state index in [1.54, 1.807) is 6.20 Å². The Hall–Kier alpha value is -3.91. The van der Waals surface area contributed by atoms with Crippen LogP contribution >= 0.6 is 12.2 Å². The Balaban J connectivity index is 1.46. The van der Waals surface area contributed by atoms with E-state index < -0.39 is 0 Å². The Kier molecular flexibility index (Phi) is 5.37. The number of hydrogen-bond donors (Lipinski definition) is 1. The second-order valence-corrected chi connectivity index (χ2v) is 9.19. The lowest BCUT2D eigenvalue weighted by atomic mass is 9.96.